The molecule has 1 unspecified atom stereocenters. The average Bonchev–Trinajstić information content (AvgIpc) is 3.40. The van der Waals surface area contributed by atoms with E-state index in [2.05, 4.69) is 4.99 Å². The fraction of sp³-hybridized carbons (Fsp3) is 0.429. The monoisotopic (exact) mass is 545 g/mol. The number of methoxy groups -OCH3 is 1. The molecule has 1 amide bonds. The molecular weight excluding hydrogens is 522 g/mol. The van der Waals surface area contributed by atoms with Gasteiger partial charge in [0.1, 0.15) is 16.0 Å². The fourth-order valence-electron chi connectivity index (χ4n) is 3.82. The number of piperidine rings is 1. The van der Waals surface area contributed by atoms with E-state index in [-0.39, 0.29) is 4.21 Å². The fourth-order valence-corrected chi connectivity index (χ4v) is 8.49. The summed E-state index contributed by atoms with van der Waals surface area (Å²) in [5.41, 5.74) is 0.946. The average molecular weight is 546 g/mol. The van der Waals surface area contributed by atoms with Crippen LogP contribution in [0.1, 0.15) is 19.3 Å². The Morgan fingerprint density at radius 1 is 1.27 bits per heavy atom. The third-order valence-electron chi connectivity index (χ3n) is 5.46. The number of carbonyl (C=O) groups excluding carboxylic acids is 1. The van der Waals surface area contributed by atoms with E-state index in [0.29, 0.717) is 35.1 Å². The van der Waals surface area contributed by atoms with E-state index >= 15 is 0 Å². The highest BCUT2D eigenvalue weighted by atomic mass is 35.5. The second-order valence-corrected chi connectivity index (χ2v) is 13.3. The first-order chi connectivity index (χ1) is 15.8. The highest BCUT2D eigenvalue weighted by Crippen LogP contribution is 2.32. The van der Waals surface area contributed by atoms with Crippen LogP contribution in [-0.2, 0) is 21.4 Å². The maximum Gasteiger partial charge on any atom is 0.266 e. The molecule has 0 radical (unpaired) electrons. The van der Waals surface area contributed by atoms with Gasteiger partial charge in [-0.2, -0.15) is 21.1 Å². The Morgan fingerprint density at radius 2 is 2.09 bits per heavy atom. The van der Waals surface area contributed by atoms with Gasteiger partial charge in [0.05, 0.1) is 21.7 Å². The lowest BCUT2D eigenvalue weighted by Gasteiger charge is -2.31. The van der Waals surface area contributed by atoms with Gasteiger partial charge in [-0.1, -0.05) is 29.4 Å². The van der Waals surface area contributed by atoms with Crippen LogP contribution in [0, 0.1) is 0 Å². The topological polar surface area (TPSA) is 81.0 Å². The zero-order valence-corrected chi connectivity index (χ0v) is 22.2. The van der Waals surface area contributed by atoms with Crippen LogP contribution in [0.4, 0.5) is 0 Å². The summed E-state index contributed by atoms with van der Waals surface area (Å²) in [6, 6.07) is 8.00. The van der Waals surface area contributed by atoms with Gasteiger partial charge in [0.2, 0.25) is 0 Å². The summed E-state index contributed by atoms with van der Waals surface area (Å²) in [5, 5.41) is 0. The Bertz CT molecular complexity index is 1330. The minimum Gasteiger partial charge on any atom is -0.497 e. The van der Waals surface area contributed by atoms with Crippen LogP contribution in [0.25, 0.3) is 10.2 Å². The molecule has 0 aliphatic carbocycles. The molecule has 1 saturated heterocycles. The normalized spacial score (nSPS) is 18.2. The summed E-state index contributed by atoms with van der Waals surface area (Å²) in [5.74, 6) is 1.15. The molecule has 2 aromatic heterocycles. The summed E-state index contributed by atoms with van der Waals surface area (Å²) >= 11 is 10.1. The first kappa shape index (κ1) is 24.7. The number of ether oxygens (including phenoxy) is 1. The molecule has 3 aromatic rings. The summed E-state index contributed by atoms with van der Waals surface area (Å²) < 4.78 is 36.7. The second-order valence-electron chi connectivity index (χ2n) is 7.50. The van der Waals surface area contributed by atoms with Crippen LogP contribution in [0.5, 0.6) is 5.75 Å². The summed E-state index contributed by atoms with van der Waals surface area (Å²) in [6.07, 6.45) is 3.96. The Labute approximate surface area is 210 Å². The van der Waals surface area contributed by atoms with Gasteiger partial charge in [-0.05, 0) is 43.4 Å². The highest BCUT2D eigenvalue weighted by molar-refractivity contribution is 7.98. The smallest absolute Gasteiger partial charge is 0.266 e. The summed E-state index contributed by atoms with van der Waals surface area (Å²) in [4.78, 5) is 18.4. The Kier molecular flexibility index (Phi) is 7.87. The molecule has 3 heterocycles. The van der Waals surface area contributed by atoms with Gasteiger partial charge in [0, 0.05) is 24.9 Å². The molecule has 33 heavy (non-hydrogen) atoms. The van der Waals surface area contributed by atoms with Crippen LogP contribution in [0.2, 0.25) is 4.34 Å². The van der Waals surface area contributed by atoms with Crippen molar-refractivity contribution in [2.45, 2.75) is 36.1 Å². The van der Waals surface area contributed by atoms with E-state index in [1.807, 2.05) is 29.0 Å². The van der Waals surface area contributed by atoms with Crippen LogP contribution < -0.4 is 9.54 Å². The van der Waals surface area contributed by atoms with Crippen molar-refractivity contribution in [2.24, 2.45) is 4.99 Å². The number of thiophene rings is 1. The number of nitrogens with zero attached hydrogens (tertiary/aromatic N) is 3. The molecule has 4 rings (SSSR count). The Morgan fingerprint density at radius 3 is 2.79 bits per heavy atom. The van der Waals surface area contributed by atoms with Crippen molar-refractivity contribution in [3.63, 3.8) is 0 Å². The van der Waals surface area contributed by atoms with Gasteiger partial charge >= 0.3 is 0 Å². The molecule has 0 saturated carbocycles. The number of carbonyl (C=O) groups is 1. The van der Waals surface area contributed by atoms with Crippen molar-refractivity contribution >= 4 is 72.2 Å². The van der Waals surface area contributed by atoms with Gasteiger partial charge in [-0.3, -0.25) is 4.79 Å². The molecular formula is C21H24ClN3O4S4. The molecule has 0 bridgehead atoms. The molecule has 1 atom stereocenters. The number of aromatic nitrogens is 1. The molecule has 1 aliphatic rings. The molecule has 178 valence electrons. The number of aryl methyl sites for hydroxylation is 1. The molecule has 1 aromatic carbocycles. The number of halogens is 1. The lowest BCUT2D eigenvalue weighted by Crippen LogP contribution is -2.47. The number of sulfonamides is 1. The van der Waals surface area contributed by atoms with Gasteiger partial charge < -0.3 is 9.30 Å². The number of thiazole rings is 1. The maximum atomic E-state index is 13.4. The quantitative estimate of drug-likeness (QED) is 0.438. The van der Waals surface area contributed by atoms with E-state index in [1.165, 1.54) is 21.7 Å². The lowest BCUT2D eigenvalue weighted by atomic mass is 10.0. The Balaban J connectivity index is 1.74. The number of amides is 1. The van der Waals surface area contributed by atoms with E-state index in [4.69, 9.17) is 16.3 Å². The van der Waals surface area contributed by atoms with Crippen molar-refractivity contribution in [1.29, 1.82) is 0 Å². The third kappa shape index (κ3) is 5.18. The summed E-state index contributed by atoms with van der Waals surface area (Å²) in [7, 11) is -2.20. The van der Waals surface area contributed by atoms with Gasteiger partial charge in [-0.15, -0.1) is 11.3 Å². The zero-order chi connectivity index (χ0) is 23.6. The minimum atomic E-state index is -3.82. The number of hydrogen-bond acceptors (Lipinski definition) is 7. The highest BCUT2D eigenvalue weighted by Gasteiger charge is 2.38. The Hall–Kier alpha value is -1.37. The van der Waals surface area contributed by atoms with E-state index in [1.54, 1.807) is 24.9 Å². The van der Waals surface area contributed by atoms with Crippen molar-refractivity contribution in [1.82, 2.24) is 8.87 Å². The molecule has 7 nitrogen and oxygen atoms in total. The maximum absolute atomic E-state index is 13.4. The number of fused-ring (bicyclic) bond motifs is 1. The third-order valence-corrected chi connectivity index (χ3v) is 10.7. The molecule has 1 fully saturated rings. The zero-order valence-electron chi connectivity index (χ0n) is 18.2. The lowest BCUT2D eigenvalue weighted by molar-refractivity contribution is -0.122. The second kappa shape index (κ2) is 10.5. The van der Waals surface area contributed by atoms with Crippen molar-refractivity contribution in [3.05, 3.63) is 39.5 Å². The van der Waals surface area contributed by atoms with Gasteiger partial charge in [0.15, 0.2) is 4.80 Å². The van der Waals surface area contributed by atoms with Crippen molar-refractivity contribution in [2.75, 3.05) is 25.7 Å². The van der Waals surface area contributed by atoms with Crippen LogP contribution >= 0.6 is 46.0 Å². The van der Waals surface area contributed by atoms with Crippen LogP contribution in [0.3, 0.4) is 0 Å². The predicted octanol–water partition coefficient (Wildman–Crippen LogP) is 4.46. The van der Waals surface area contributed by atoms with Crippen molar-refractivity contribution in [3.8, 4) is 5.75 Å². The SMILES string of the molecule is COc1ccc2sc(=NC(=O)C3CCCCN3S(=O)(=O)c3ccc(Cl)s3)n(CCSC)c2c1. The molecule has 1 aliphatic heterocycles. The van der Waals surface area contributed by atoms with Gasteiger partial charge in [0.25, 0.3) is 15.9 Å². The predicted molar refractivity (Wildman–Crippen MR) is 136 cm³/mol. The van der Waals surface area contributed by atoms with E-state index in [0.717, 1.165) is 39.5 Å². The van der Waals surface area contributed by atoms with Gasteiger partial charge in [-0.25, -0.2) is 8.42 Å². The summed E-state index contributed by atoms with van der Waals surface area (Å²) in [6.45, 7) is 0.973. The van der Waals surface area contributed by atoms with E-state index in [9.17, 15) is 13.2 Å². The van der Waals surface area contributed by atoms with Crippen LogP contribution in [-0.4, -0.2) is 54.9 Å². The van der Waals surface area contributed by atoms with Crippen LogP contribution in [0.15, 0.2) is 39.5 Å². The first-order valence-corrected chi connectivity index (χ1v) is 15.2. The molecule has 12 heteroatoms. The number of thioether (sulfide) groups is 1. The number of benzene rings is 1. The van der Waals surface area contributed by atoms with E-state index < -0.39 is 22.0 Å². The van der Waals surface area contributed by atoms with Crippen molar-refractivity contribution < 1.29 is 17.9 Å². The number of hydrogen-bond donors (Lipinski definition) is 0. The number of rotatable bonds is 7. The standard InChI is InChI=1S/C21H24ClN3O4S4/c1-29-14-6-7-17-16(13-14)24(11-12-30-2)21(31-17)23-20(26)15-5-3-4-10-25(15)33(27,28)19-9-8-18(22)32-19/h6-9,13,15H,3-5,10-12H2,1-2H3. The molecule has 0 N–H and O–H groups in total. The first-order valence-electron chi connectivity index (χ1n) is 10.4. The minimum absolute atomic E-state index is 0.149. The molecule has 0 spiro atoms. The largest absolute Gasteiger partial charge is 0.497 e.